The lowest BCUT2D eigenvalue weighted by Crippen LogP contribution is -2.43. The quantitative estimate of drug-likeness (QED) is 0.727. The van der Waals surface area contributed by atoms with Crippen LogP contribution in [0.25, 0.3) is 6.08 Å². The summed E-state index contributed by atoms with van der Waals surface area (Å²) in [6.45, 7) is 1.92. The number of hydrogen-bond donors (Lipinski definition) is 0. The van der Waals surface area contributed by atoms with Gasteiger partial charge < -0.3 is 9.80 Å². The first kappa shape index (κ1) is 19.8. The predicted octanol–water partition coefficient (Wildman–Crippen LogP) is 3.03. The Hall–Kier alpha value is -2.95. The number of likely N-dealkylation sites (N-methyl/N-ethyl adjacent to an activating group) is 1. The van der Waals surface area contributed by atoms with Gasteiger partial charge in [-0.1, -0.05) is 36.4 Å². The van der Waals surface area contributed by atoms with E-state index in [1.807, 2.05) is 66.6 Å². The molecule has 2 amide bonds. The van der Waals surface area contributed by atoms with Gasteiger partial charge in [-0.2, -0.15) is 0 Å². The van der Waals surface area contributed by atoms with Gasteiger partial charge in [0.05, 0.1) is 0 Å². The van der Waals surface area contributed by atoms with Gasteiger partial charge in [0.25, 0.3) is 0 Å². The molecule has 0 atom stereocenters. The fourth-order valence-corrected chi connectivity index (χ4v) is 3.43. The second-order valence-corrected chi connectivity index (χ2v) is 7.17. The van der Waals surface area contributed by atoms with Gasteiger partial charge in [-0.25, -0.2) is 0 Å². The molecule has 5 nitrogen and oxygen atoms in total. The van der Waals surface area contributed by atoms with E-state index in [4.69, 9.17) is 0 Å². The van der Waals surface area contributed by atoms with Crippen molar-refractivity contribution < 1.29 is 9.59 Å². The second kappa shape index (κ2) is 9.83. The van der Waals surface area contributed by atoms with Crippen LogP contribution in [0.1, 0.15) is 24.1 Å². The number of hydrogen-bond acceptors (Lipinski definition) is 3. The van der Waals surface area contributed by atoms with Crippen molar-refractivity contribution in [2.45, 2.75) is 19.3 Å². The van der Waals surface area contributed by atoms with Crippen LogP contribution >= 0.6 is 0 Å². The van der Waals surface area contributed by atoms with Gasteiger partial charge in [-0.3, -0.25) is 14.6 Å². The summed E-state index contributed by atoms with van der Waals surface area (Å²) in [5.74, 6) is 0.178. The van der Waals surface area contributed by atoms with Crippen molar-refractivity contribution in [1.29, 1.82) is 0 Å². The number of amides is 2. The van der Waals surface area contributed by atoms with E-state index in [1.165, 1.54) is 0 Å². The molecule has 28 heavy (non-hydrogen) atoms. The summed E-state index contributed by atoms with van der Waals surface area (Å²) in [7, 11) is 1.85. The lowest BCUT2D eigenvalue weighted by atomic mass is 9.95. The summed E-state index contributed by atoms with van der Waals surface area (Å²) in [6, 6.07) is 15.6. The van der Waals surface area contributed by atoms with Crippen molar-refractivity contribution in [2.75, 3.05) is 26.7 Å². The van der Waals surface area contributed by atoms with E-state index in [0.717, 1.165) is 30.5 Å². The summed E-state index contributed by atoms with van der Waals surface area (Å²) in [5, 5.41) is 0. The van der Waals surface area contributed by atoms with E-state index in [9.17, 15) is 9.59 Å². The number of rotatable bonds is 6. The van der Waals surface area contributed by atoms with Crippen LogP contribution in [0.2, 0.25) is 0 Å². The van der Waals surface area contributed by atoms with Crippen molar-refractivity contribution in [2.24, 2.45) is 5.92 Å². The summed E-state index contributed by atoms with van der Waals surface area (Å²) in [5.41, 5.74) is 2.00. The number of likely N-dealkylation sites (tertiary alicyclic amines) is 1. The Morgan fingerprint density at radius 2 is 1.82 bits per heavy atom. The van der Waals surface area contributed by atoms with Gasteiger partial charge >= 0.3 is 0 Å². The molecule has 1 saturated heterocycles. The summed E-state index contributed by atoms with van der Waals surface area (Å²) in [4.78, 5) is 33.0. The largest absolute Gasteiger partial charge is 0.345 e. The zero-order valence-corrected chi connectivity index (χ0v) is 16.3. The van der Waals surface area contributed by atoms with Gasteiger partial charge in [0.2, 0.25) is 11.8 Å². The van der Waals surface area contributed by atoms with Crippen LogP contribution in [0.4, 0.5) is 0 Å². The van der Waals surface area contributed by atoms with Crippen LogP contribution in [0.15, 0.2) is 60.8 Å². The standard InChI is InChI=1S/C23H27N3O2/c1-25(16-14-21-9-5-6-15-24-21)23(28)20-12-17-26(18-13-20)22(27)11-10-19-7-3-2-4-8-19/h2-11,15,20H,12-14,16-18H2,1H3/b11-10+. The Balaban J connectivity index is 1.44. The molecule has 0 bridgehead atoms. The van der Waals surface area contributed by atoms with Crippen molar-refractivity contribution in [3.8, 4) is 0 Å². The number of carbonyl (C=O) groups is 2. The highest BCUT2D eigenvalue weighted by Gasteiger charge is 2.28. The van der Waals surface area contributed by atoms with Crippen LogP contribution in [-0.2, 0) is 16.0 Å². The second-order valence-electron chi connectivity index (χ2n) is 7.17. The zero-order chi connectivity index (χ0) is 19.8. The highest BCUT2D eigenvalue weighted by atomic mass is 16.2. The SMILES string of the molecule is CN(CCc1ccccn1)C(=O)C1CCN(C(=O)/C=C/c2ccccc2)CC1. The molecule has 0 saturated carbocycles. The van der Waals surface area contributed by atoms with Crippen LogP contribution in [0, 0.1) is 5.92 Å². The molecule has 1 fully saturated rings. The minimum absolute atomic E-state index is 0.00381. The summed E-state index contributed by atoms with van der Waals surface area (Å²) >= 11 is 0. The molecule has 1 aromatic carbocycles. The Kier molecular flexibility index (Phi) is 6.95. The maximum Gasteiger partial charge on any atom is 0.246 e. The predicted molar refractivity (Wildman–Crippen MR) is 110 cm³/mol. The van der Waals surface area contributed by atoms with E-state index >= 15 is 0 Å². The normalized spacial score (nSPS) is 15.0. The van der Waals surface area contributed by atoms with Gasteiger partial charge in [0.15, 0.2) is 0 Å². The molecule has 3 rings (SSSR count). The van der Waals surface area contributed by atoms with Crippen molar-refractivity contribution in [3.05, 3.63) is 72.1 Å². The lowest BCUT2D eigenvalue weighted by molar-refractivity contribution is -0.138. The molecule has 0 unspecified atom stereocenters. The highest BCUT2D eigenvalue weighted by Crippen LogP contribution is 2.20. The van der Waals surface area contributed by atoms with Crippen molar-refractivity contribution >= 4 is 17.9 Å². The van der Waals surface area contributed by atoms with Gasteiger partial charge in [0, 0.05) is 57.0 Å². The topological polar surface area (TPSA) is 53.5 Å². The number of benzene rings is 1. The monoisotopic (exact) mass is 377 g/mol. The third-order valence-electron chi connectivity index (χ3n) is 5.18. The third kappa shape index (κ3) is 5.52. The molecule has 146 valence electrons. The van der Waals surface area contributed by atoms with E-state index in [-0.39, 0.29) is 17.7 Å². The first-order valence-corrected chi connectivity index (χ1v) is 9.80. The van der Waals surface area contributed by atoms with Gasteiger partial charge in [-0.15, -0.1) is 0 Å². The Morgan fingerprint density at radius 1 is 1.11 bits per heavy atom. The van der Waals surface area contributed by atoms with Gasteiger partial charge in [0.1, 0.15) is 0 Å². The molecular formula is C23H27N3O2. The minimum Gasteiger partial charge on any atom is -0.345 e. The number of pyridine rings is 1. The molecule has 0 radical (unpaired) electrons. The maximum atomic E-state index is 12.7. The van der Waals surface area contributed by atoms with Crippen molar-refractivity contribution in [3.63, 3.8) is 0 Å². The number of piperidine rings is 1. The maximum absolute atomic E-state index is 12.7. The van der Waals surface area contributed by atoms with E-state index in [1.54, 1.807) is 17.2 Å². The molecule has 0 aliphatic carbocycles. The van der Waals surface area contributed by atoms with Crippen molar-refractivity contribution in [1.82, 2.24) is 14.8 Å². The third-order valence-corrected chi connectivity index (χ3v) is 5.18. The number of nitrogens with zero attached hydrogens (tertiary/aromatic N) is 3. The minimum atomic E-state index is -0.00381. The molecule has 0 N–H and O–H groups in total. The van der Waals surface area contributed by atoms with E-state index in [2.05, 4.69) is 4.98 Å². The van der Waals surface area contributed by atoms with E-state index in [0.29, 0.717) is 19.6 Å². The average molecular weight is 377 g/mol. The molecule has 1 aliphatic heterocycles. The lowest BCUT2D eigenvalue weighted by Gasteiger charge is -2.32. The Bertz CT molecular complexity index is 797. The van der Waals surface area contributed by atoms with Crippen LogP contribution in [-0.4, -0.2) is 53.3 Å². The number of aromatic nitrogens is 1. The summed E-state index contributed by atoms with van der Waals surface area (Å²) < 4.78 is 0. The molecule has 1 aliphatic rings. The van der Waals surface area contributed by atoms with Crippen LogP contribution < -0.4 is 0 Å². The first-order valence-electron chi connectivity index (χ1n) is 9.80. The highest BCUT2D eigenvalue weighted by molar-refractivity contribution is 5.92. The fraction of sp³-hybridized carbons (Fsp3) is 0.348. The van der Waals surface area contributed by atoms with Crippen LogP contribution in [0.5, 0.6) is 0 Å². The molecule has 2 heterocycles. The fourth-order valence-electron chi connectivity index (χ4n) is 3.43. The molecule has 1 aromatic heterocycles. The summed E-state index contributed by atoms with van der Waals surface area (Å²) in [6.07, 6.45) is 7.43. The molecule has 5 heteroatoms. The first-order chi connectivity index (χ1) is 13.6. The zero-order valence-electron chi connectivity index (χ0n) is 16.3. The molecular weight excluding hydrogens is 350 g/mol. The smallest absolute Gasteiger partial charge is 0.246 e. The average Bonchev–Trinajstić information content (AvgIpc) is 2.77. The van der Waals surface area contributed by atoms with Gasteiger partial charge in [-0.05, 0) is 36.6 Å². The Labute approximate surface area is 166 Å². The Morgan fingerprint density at radius 3 is 2.50 bits per heavy atom. The molecule has 0 spiro atoms. The van der Waals surface area contributed by atoms with Crippen LogP contribution in [0.3, 0.4) is 0 Å². The number of carbonyl (C=O) groups excluding carboxylic acids is 2. The molecule has 2 aromatic rings. The van der Waals surface area contributed by atoms with E-state index < -0.39 is 0 Å².